The highest BCUT2D eigenvalue weighted by atomic mass is 19.4. The van der Waals surface area contributed by atoms with Gasteiger partial charge in [-0.25, -0.2) is 4.79 Å². The fraction of sp³-hybridized carbons (Fsp3) is 0.0500. The monoisotopic (exact) mass is 382 g/mol. The van der Waals surface area contributed by atoms with Gasteiger partial charge in [-0.1, -0.05) is 6.07 Å². The number of benzene rings is 2. The van der Waals surface area contributed by atoms with E-state index in [1.807, 2.05) is 0 Å². The van der Waals surface area contributed by atoms with Gasteiger partial charge in [0.2, 0.25) is 0 Å². The molecule has 0 saturated heterocycles. The Labute approximate surface area is 157 Å². The van der Waals surface area contributed by atoms with Gasteiger partial charge in [0.05, 0.1) is 16.8 Å². The second-order valence-corrected chi connectivity index (χ2v) is 6.08. The topological polar surface area (TPSA) is 66.9 Å². The minimum atomic E-state index is -4.48. The fourth-order valence-corrected chi connectivity index (χ4v) is 2.96. The number of aromatic nitrogens is 2. The SMILES string of the molecule is O=C(Nc1cccc(C(F)(F)F)c1)Nc1cc2ccncc2c2ncccc12. The number of fused-ring (bicyclic) bond motifs is 3. The van der Waals surface area contributed by atoms with Crippen LogP contribution in [0.2, 0.25) is 0 Å². The summed E-state index contributed by atoms with van der Waals surface area (Å²) in [6.07, 6.45) is 0.477. The normalized spacial score (nSPS) is 11.5. The highest BCUT2D eigenvalue weighted by molar-refractivity contribution is 6.14. The van der Waals surface area contributed by atoms with Crippen molar-refractivity contribution in [2.24, 2.45) is 0 Å². The van der Waals surface area contributed by atoms with E-state index in [4.69, 9.17) is 0 Å². The lowest BCUT2D eigenvalue weighted by atomic mass is 10.1. The summed E-state index contributed by atoms with van der Waals surface area (Å²) in [4.78, 5) is 20.9. The van der Waals surface area contributed by atoms with Crippen molar-refractivity contribution in [2.45, 2.75) is 6.18 Å². The first-order valence-corrected chi connectivity index (χ1v) is 8.28. The number of anilines is 2. The molecule has 4 aromatic rings. The first kappa shape index (κ1) is 17.7. The third kappa shape index (κ3) is 3.44. The standard InChI is InChI=1S/C20H13F3N4O/c21-20(22,23)13-3-1-4-14(10-13)26-19(28)27-17-9-12-6-8-24-11-16(12)18-15(17)5-2-7-25-18/h1-11H,(H2,26,27,28). The van der Waals surface area contributed by atoms with E-state index in [0.29, 0.717) is 16.6 Å². The summed E-state index contributed by atoms with van der Waals surface area (Å²) < 4.78 is 38.5. The number of nitrogens with one attached hydrogen (secondary N) is 2. The summed E-state index contributed by atoms with van der Waals surface area (Å²) in [6, 6.07) is 10.9. The predicted octanol–water partition coefficient (Wildman–Crippen LogP) is 5.45. The number of carbonyl (C=O) groups is 1. The lowest BCUT2D eigenvalue weighted by molar-refractivity contribution is -0.137. The number of nitrogens with zero attached hydrogens (tertiary/aromatic N) is 2. The van der Waals surface area contributed by atoms with Gasteiger partial charge < -0.3 is 10.6 Å². The molecule has 0 radical (unpaired) electrons. The second-order valence-electron chi connectivity index (χ2n) is 6.08. The molecule has 0 aliphatic heterocycles. The van der Waals surface area contributed by atoms with Crippen molar-refractivity contribution < 1.29 is 18.0 Å². The Morgan fingerprint density at radius 2 is 1.79 bits per heavy atom. The summed E-state index contributed by atoms with van der Waals surface area (Å²) in [5.41, 5.74) is 0.367. The van der Waals surface area contributed by atoms with Crippen LogP contribution in [0.3, 0.4) is 0 Å². The zero-order valence-electron chi connectivity index (χ0n) is 14.3. The van der Waals surface area contributed by atoms with E-state index in [1.165, 1.54) is 12.1 Å². The molecule has 0 aliphatic carbocycles. The number of amides is 2. The molecular formula is C20H13F3N4O. The number of halogens is 3. The summed E-state index contributed by atoms with van der Waals surface area (Å²) in [7, 11) is 0. The molecule has 28 heavy (non-hydrogen) atoms. The highest BCUT2D eigenvalue weighted by Gasteiger charge is 2.30. The maximum Gasteiger partial charge on any atom is 0.416 e. The van der Waals surface area contributed by atoms with Gasteiger partial charge in [0.15, 0.2) is 0 Å². The molecule has 140 valence electrons. The average Bonchev–Trinajstić information content (AvgIpc) is 2.68. The van der Waals surface area contributed by atoms with Crippen LogP contribution in [0, 0.1) is 0 Å². The molecule has 0 saturated carbocycles. The first-order chi connectivity index (χ1) is 13.4. The Morgan fingerprint density at radius 3 is 2.61 bits per heavy atom. The van der Waals surface area contributed by atoms with Crippen LogP contribution < -0.4 is 10.6 Å². The Hall–Kier alpha value is -3.68. The molecule has 0 fully saturated rings. The molecule has 5 nitrogen and oxygen atoms in total. The quantitative estimate of drug-likeness (QED) is 0.453. The summed E-state index contributed by atoms with van der Waals surface area (Å²) >= 11 is 0. The molecule has 0 bridgehead atoms. The molecule has 2 N–H and O–H groups in total. The zero-order chi connectivity index (χ0) is 19.7. The van der Waals surface area contributed by atoms with Gasteiger partial charge in [-0.2, -0.15) is 13.2 Å². The number of pyridine rings is 2. The molecule has 2 aromatic carbocycles. The fourth-order valence-electron chi connectivity index (χ4n) is 2.96. The van der Waals surface area contributed by atoms with E-state index < -0.39 is 17.8 Å². The van der Waals surface area contributed by atoms with Crippen LogP contribution in [-0.4, -0.2) is 16.0 Å². The molecule has 8 heteroatoms. The van der Waals surface area contributed by atoms with Gasteiger partial charge in [0.25, 0.3) is 0 Å². The van der Waals surface area contributed by atoms with Crippen molar-refractivity contribution in [3.8, 4) is 0 Å². The van der Waals surface area contributed by atoms with Crippen LogP contribution >= 0.6 is 0 Å². The first-order valence-electron chi connectivity index (χ1n) is 8.28. The number of hydrogen-bond donors (Lipinski definition) is 2. The zero-order valence-corrected chi connectivity index (χ0v) is 14.3. The van der Waals surface area contributed by atoms with E-state index in [1.54, 1.807) is 42.9 Å². The van der Waals surface area contributed by atoms with Crippen LogP contribution in [0.5, 0.6) is 0 Å². The molecule has 0 unspecified atom stereocenters. The number of urea groups is 1. The van der Waals surface area contributed by atoms with E-state index in [9.17, 15) is 18.0 Å². The van der Waals surface area contributed by atoms with Crippen molar-refractivity contribution in [2.75, 3.05) is 10.6 Å². The number of carbonyl (C=O) groups excluding carboxylic acids is 1. The van der Waals surface area contributed by atoms with Crippen LogP contribution in [0.4, 0.5) is 29.3 Å². The number of alkyl halides is 3. The molecule has 0 atom stereocenters. The Morgan fingerprint density at radius 1 is 0.929 bits per heavy atom. The van der Waals surface area contributed by atoms with E-state index >= 15 is 0 Å². The molecule has 2 heterocycles. The molecule has 0 aliphatic rings. The van der Waals surface area contributed by atoms with Gasteiger partial charge >= 0.3 is 12.2 Å². The summed E-state index contributed by atoms with van der Waals surface area (Å²) in [5, 5.41) is 7.49. The van der Waals surface area contributed by atoms with Crippen molar-refractivity contribution in [3.63, 3.8) is 0 Å². The van der Waals surface area contributed by atoms with Gasteiger partial charge in [-0.3, -0.25) is 9.97 Å². The van der Waals surface area contributed by atoms with E-state index in [-0.39, 0.29) is 5.69 Å². The van der Waals surface area contributed by atoms with Crippen LogP contribution in [0.25, 0.3) is 21.7 Å². The molecule has 4 rings (SSSR count). The lowest BCUT2D eigenvalue weighted by Crippen LogP contribution is -2.20. The van der Waals surface area contributed by atoms with Crippen molar-refractivity contribution in [1.82, 2.24) is 9.97 Å². The van der Waals surface area contributed by atoms with Crippen LogP contribution in [-0.2, 0) is 6.18 Å². The van der Waals surface area contributed by atoms with E-state index in [2.05, 4.69) is 20.6 Å². The van der Waals surface area contributed by atoms with Gasteiger partial charge in [0, 0.05) is 35.1 Å². The maximum absolute atomic E-state index is 12.8. The Bertz CT molecular complexity index is 1190. The van der Waals surface area contributed by atoms with Gasteiger partial charge in [0.1, 0.15) is 0 Å². The lowest BCUT2D eigenvalue weighted by Gasteiger charge is -2.13. The summed E-state index contributed by atoms with van der Waals surface area (Å²) in [6.45, 7) is 0. The smallest absolute Gasteiger partial charge is 0.308 e. The van der Waals surface area contributed by atoms with Crippen molar-refractivity contribution >= 4 is 39.1 Å². The average molecular weight is 382 g/mol. The predicted molar refractivity (Wildman–Crippen MR) is 101 cm³/mol. The van der Waals surface area contributed by atoms with Gasteiger partial charge in [-0.15, -0.1) is 0 Å². The van der Waals surface area contributed by atoms with Crippen molar-refractivity contribution in [3.05, 3.63) is 72.7 Å². The third-order valence-electron chi connectivity index (χ3n) is 4.20. The maximum atomic E-state index is 12.8. The van der Waals surface area contributed by atoms with Gasteiger partial charge in [-0.05, 0) is 47.9 Å². The minimum Gasteiger partial charge on any atom is -0.308 e. The number of rotatable bonds is 2. The Kier molecular flexibility index (Phi) is 4.31. The van der Waals surface area contributed by atoms with Crippen LogP contribution in [0.15, 0.2) is 67.1 Å². The molecule has 2 amide bonds. The molecular weight excluding hydrogens is 369 g/mol. The van der Waals surface area contributed by atoms with E-state index in [0.717, 1.165) is 22.9 Å². The second kappa shape index (κ2) is 6.80. The highest BCUT2D eigenvalue weighted by Crippen LogP contribution is 2.32. The number of hydrogen-bond acceptors (Lipinski definition) is 3. The molecule has 2 aromatic heterocycles. The molecule has 0 spiro atoms. The van der Waals surface area contributed by atoms with Crippen LogP contribution in [0.1, 0.15) is 5.56 Å². The summed E-state index contributed by atoms with van der Waals surface area (Å²) in [5.74, 6) is 0. The Balaban J connectivity index is 1.65. The minimum absolute atomic E-state index is 0.0414. The van der Waals surface area contributed by atoms with Crippen molar-refractivity contribution in [1.29, 1.82) is 0 Å². The third-order valence-corrected chi connectivity index (χ3v) is 4.20. The largest absolute Gasteiger partial charge is 0.416 e.